The SMILES string of the molecule is COc1cc(N)c(Cl)cc1C(=O)OCC(=O)c1cc(C)n(Cc2ccc3c(c2)OCO3)c1C. The Bertz CT molecular complexity index is 1250. The van der Waals surface area contributed by atoms with Crippen molar-refractivity contribution < 1.29 is 28.5 Å². The fourth-order valence-corrected chi connectivity index (χ4v) is 3.90. The number of methoxy groups -OCH3 is 1. The van der Waals surface area contributed by atoms with Gasteiger partial charge < -0.3 is 29.2 Å². The summed E-state index contributed by atoms with van der Waals surface area (Å²) in [5, 5.41) is 0.195. The van der Waals surface area contributed by atoms with Crippen molar-refractivity contribution in [1.29, 1.82) is 0 Å². The second-order valence-corrected chi connectivity index (χ2v) is 8.04. The monoisotopic (exact) mass is 470 g/mol. The van der Waals surface area contributed by atoms with Gasteiger partial charge >= 0.3 is 5.97 Å². The minimum absolute atomic E-state index is 0.0952. The number of ether oxygens (including phenoxy) is 4. The molecule has 33 heavy (non-hydrogen) atoms. The number of ketones is 1. The summed E-state index contributed by atoms with van der Waals surface area (Å²) in [5.74, 6) is 0.606. The summed E-state index contributed by atoms with van der Waals surface area (Å²) in [6.07, 6.45) is 0. The summed E-state index contributed by atoms with van der Waals surface area (Å²) in [5.41, 5.74) is 9.30. The number of fused-ring (bicyclic) bond motifs is 1. The molecule has 3 aromatic rings. The largest absolute Gasteiger partial charge is 0.496 e. The molecule has 2 aromatic carbocycles. The molecule has 0 bridgehead atoms. The van der Waals surface area contributed by atoms with Gasteiger partial charge in [0, 0.05) is 29.6 Å². The number of hydrogen-bond acceptors (Lipinski definition) is 7. The number of halogens is 1. The highest BCUT2D eigenvalue weighted by Gasteiger charge is 2.21. The molecule has 0 spiro atoms. The molecule has 1 aliphatic rings. The quantitative estimate of drug-likeness (QED) is 0.314. The van der Waals surface area contributed by atoms with Gasteiger partial charge in [-0.05, 0) is 43.7 Å². The van der Waals surface area contributed by atoms with E-state index in [9.17, 15) is 9.59 Å². The van der Waals surface area contributed by atoms with E-state index in [1.54, 1.807) is 6.07 Å². The topological polar surface area (TPSA) is 102 Å². The van der Waals surface area contributed by atoms with Crippen LogP contribution >= 0.6 is 11.6 Å². The molecule has 0 saturated heterocycles. The van der Waals surface area contributed by atoms with Gasteiger partial charge in [0.1, 0.15) is 11.3 Å². The van der Waals surface area contributed by atoms with Crippen molar-refractivity contribution in [3.05, 3.63) is 69.5 Å². The average Bonchev–Trinajstić information content (AvgIpc) is 3.38. The van der Waals surface area contributed by atoms with E-state index < -0.39 is 12.6 Å². The Morgan fingerprint density at radius 3 is 2.61 bits per heavy atom. The van der Waals surface area contributed by atoms with E-state index in [-0.39, 0.29) is 34.6 Å². The number of benzene rings is 2. The molecule has 4 rings (SSSR count). The van der Waals surface area contributed by atoms with Crippen LogP contribution in [0, 0.1) is 13.8 Å². The Labute approximate surface area is 195 Å². The van der Waals surface area contributed by atoms with E-state index in [0.29, 0.717) is 17.9 Å². The number of esters is 1. The summed E-state index contributed by atoms with van der Waals surface area (Å²) < 4.78 is 23.2. The predicted molar refractivity (Wildman–Crippen MR) is 123 cm³/mol. The maximum absolute atomic E-state index is 12.8. The van der Waals surface area contributed by atoms with Crippen LogP contribution in [-0.2, 0) is 11.3 Å². The second-order valence-electron chi connectivity index (χ2n) is 7.63. The van der Waals surface area contributed by atoms with Crippen molar-refractivity contribution >= 4 is 29.0 Å². The standard InChI is InChI=1S/C24H23ClN2O6/c1-13-6-16(14(2)27(13)10-15-4-5-21-23(7-15)33-12-32-21)20(28)11-31-24(29)17-8-18(25)19(26)9-22(17)30-3/h4-9H,10-12,26H2,1-3H3. The zero-order valence-corrected chi connectivity index (χ0v) is 19.2. The van der Waals surface area contributed by atoms with E-state index in [4.69, 9.17) is 36.3 Å². The van der Waals surface area contributed by atoms with Gasteiger partial charge in [0.2, 0.25) is 12.6 Å². The maximum Gasteiger partial charge on any atom is 0.342 e. The Kier molecular flexibility index (Phi) is 6.20. The first kappa shape index (κ1) is 22.5. The third-order valence-electron chi connectivity index (χ3n) is 5.52. The second kappa shape index (κ2) is 9.07. The van der Waals surface area contributed by atoms with Crippen molar-refractivity contribution in [3.8, 4) is 17.2 Å². The van der Waals surface area contributed by atoms with Crippen molar-refractivity contribution in [2.24, 2.45) is 0 Å². The first-order chi connectivity index (χ1) is 15.8. The third-order valence-corrected chi connectivity index (χ3v) is 5.85. The number of rotatable bonds is 7. The van der Waals surface area contributed by atoms with Crippen LogP contribution in [0.15, 0.2) is 36.4 Å². The maximum atomic E-state index is 12.8. The molecule has 0 saturated carbocycles. The van der Waals surface area contributed by atoms with Crippen molar-refractivity contribution in [1.82, 2.24) is 4.57 Å². The van der Waals surface area contributed by atoms with Crippen LogP contribution in [0.3, 0.4) is 0 Å². The molecule has 8 nitrogen and oxygen atoms in total. The lowest BCUT2D eigenvalue weighted by molar-refractivity contribution is 0.0471. The fourth-order valence-electron chi connectivity index (χ4n) is 3.73. The lowest BCUT2D eigenvalue weighted by atomic mass is 10.1. The molecule has 0 atom stereocenters. The molecule has 0 amide bonds. The Morgan fingerprint density at radius 2 is 1.85 bits per heavy atom. The zero-order chi connectivity index (χ0) is 23.7. The Hall–Kier alpha value is -3.65. The van der Waals surface area contributed by atoms with Crippen LogP contribution < -0.4 is 19.9 Å². The predicted octanol–water partition coefficient (Wildman–Crippen LogP) is 4.17. The third kappa shape index (κ3) is 4.47. The molecule has 0 radical (unpaired) electrons. The highest BCUT2D eigenvalue weighted by atomic mass is 35.5. The van der Waals surface area contributed by atoms with Gasteiger partial charge in [0.05, 0.1) is 17.8 Å². The molecular formula is C24H23ClN2O6. The normalized spacial score (nSPS) is 12.0. The molecule has 0 aliphatic carbocycles. The first-order valence-electron chi connectivity index (χ1n) is 10.2. The van der Waals surface area contributed by atoms with E-state index in [1.165, 1.54) is 19.2 Å². The summed E-state index contributed by atoms with van der Waals surface area (Å²) in [6, 6.07) is 10.3. The van der Waals surface area contributed by atoms with Crippen LogP contribution in [0.2, 0.25) is 5.02 Å². The number of nitrogens with two attached hydrogens (primary N) is 1. The van der Waals surface area contributed by atoms with Gasteiger partial charge in [-0.3, -0.25) is 4.79 Å². The van der Waals surface area contributed by atoms with Crippen molar-refractivity contribution in [3.63, 3.8) is 0 Å². The molecular weight excluding hydrogens is 448 g/mol. The number of nitrogens with zero attached hydrogens (tertiary/aromatic N) is 1. The summed E-state index contributed by atoms with van der Waals surface area (Å²) >= 11 is 6.01. The molecule has 0 unspecified atom stereocenters. The number of aromatic nitrogens is 1. The highest BCUT2D eigenvalue weighted by Crippen LogP contribution is 2.33. The highest BCUT2D eigenvalue weighted by molar-refractivity contribution is 6.33. The number of nitrogen functional groups attached to an aromatic ring is 1. The van der Waals surface area contributed by atoms with Crippen LogP contribution in [0.5, 0.6) is 17.2 Å². The van der Waals surface area contributed by atoms with Crippen molar-refractivity contribution in [2.45, 2.75) is 20.4 Å². The van der Waals surface area contributed by atoms with Gasteiger partial charge in [0.25, 0.3) is 0 Å². The van der Waals surface area contributed by atoms with Gasteiger partial charge in [-0.1, -0.05) is 17.7 Å². The zero-order valence-electron chi connectivity index (χ0n) is 18.4. The number of anilines is 1. The number of aryl methyl sites for hydroxylation is 1. The number of Topliss-reactive ketones (excluding diaryl/α,β-unsaturated/α-hetero) is 1. The van der Waals surface area contributed by atoms with Gasteiger partial charge in [-0.15, -0.1) is 0 Å². The minimum atomic E-state index is -0.726. The summed E-state index contributed by atoms with van der Waals surface area (Å²) in [4.78, 5) is 25.4. The molecule has 1 aliphatic heterocycles. The van der Waals surface area contributed by atoms with Crippen LogP contribution in [-0.4, -0.2) is 36.8 Å². The van der Waals surface area contributed by atoms with Crippen molar-refractivity contribution in [2.75, 3.05) is 26.2 Å². The number of carbonyl (C=O) groups excluding carboxylic acids is 2. The lowest BCUT2D eigenvalue weighted by Gasteiger charge is -2.11. The Balaban J connectivity index is 1.47. The van der Waals surface area contributed by atoms with Gasteiger partial charge in [-0.2, -0.15) is 0 Å². The smallest absolute Gasteiger partial charge is 0.342 e. The average molecular weight is 471 g/mol. The van der Waals surface area contributed by atoms with E-state index in [0.717, 1.165) is 22.7 Å². The van der Waals surface area contributed by atoms with E-state index in [1.807, 2.05) is 36.6 Å². The van der Waals surface area contributed by atoms with E-state index in [2.05, 4.69) is 0 Å². The Morgan fingerprint density at radius 1 is 1.09 bits per heavy atom. The first-order valence-corrected chi connectivity index (χ1v) is 10.5. The molecule has 2 N–H and O–H groups in total. The molecule has 1 aromatic heterocycles. The molecule has 172 valence electrons. The van der Waals surface area contributed by atoms with Crippen LogP contribution in [0.4, 0.5) is 5.69 Å². The molecule has 9 heteroatoms. The number of hydrogen-bond donors (Lipinski definition) is 1. The van der Waals surface area contributed by atoms with Gasteiger partial charge in [-0.25, -0.2) is 4.79 Å². The lowest BCUT2D eigenvalue weighted by Crippen LogP contribution is -2.16. The number of carbonyl (C=O) groups is 2. The summed E-state index contributed by atoms with van der Waals surface area (Å²) in [6.45, 7) is 4.13. The van der Waals surface area contributed by atoms with Crippen LogP contribution in [0.1, 0.15) is 37.7 Å². The van der Waals surface area contributed by atoms with Crippen LogP contribution in [0.25, 0.3) is 0 Å². The van der Waals surface area contributed by atoms with Gasteiger partial charge in [0.15, 0.2) is 18.1 Å². The van der Waals surface area contributed by atoms with E-state index >= 15 is 0 Å². The summed E-state index contributed by atoms with van der Waals surface area (Å²) in [7, 11) is 1.40. The molecule has 0 fully saturated rings. The fraction of sp³-hybridized carbons (Fsp3) is 0.250. The minimum Gasteiger partial charge on any atom is -0.496 e. The molecule has 2 heterocycles.